The Kier molecular flexibility index (Phi) is 6.15. The Morgan fingerprint density at radius 3 is 2.71 bits per heavy atom. The van der Waals surface area contributed by atoms with Gasteiger partial charge in [-0.15, -0.1) is 0 Å². The highest BCUT2D eigenvalue weighted by Crippen LogP contribution is 2.18. The van der Waals surface area contributed by atoms with Gasteiger partial charge in [0.1, 0.15) is 0 Å². The number of aliphatic hydroxyl groups excluding tert-OH is 1. The molecule has 5 heteroatoms. The lowest BCUT2D eigenvalue weighted by Gasteiger charge is -2.22. The van der Waals surface area contributed by atoms with E-state index < -0.39 is 0 Å². The number of anilines is 2. The fourth-order valence-electron chi connectivity index (χ4n) is 1.61. The third kappa shape index (κ3) is 4.44. The smallest absolute Gasteiger partial charge is 0.0569 e. The first-order valence-electron chi connectivity index (χ1n) is 5.80. The molecule has 0 aromatic carbocycles. The molecule has 0 aliphatic heterocycles. The Hall–Kier alpha value is -0.940. The summed E-state index contributed by atoms with van der Waals surface area (Å²) >= 11 is 1.66. The van der Waals surface area contributed by atoms with Crippen molar-refractivity contribution in [2.75, 3.05) is 30.0 Å². The molecule has 0 aliphatic rings. The highest BCUT2D eigenvalue weighted by molar-refractivity contribution is 7.99. The van der Waals surface area contributed by atoms with Crippen LogP contribution in [0.15, 0.2) is 18.5 Å². The van der Waals surface area contributed by atoms with Gasteiger partial charge in [0.05, 0.1) is 30.4 Å². The summed E-state index contributed by atoms with van der Waals surface area (Å²) in [6, 6.07) is 2.23. The van der Waals surface area contributed by atoms with Crippen LogP contribution in [0.25, 0.3) is 0 Å². The van der Waals surface area contributed by atoms with Gasteiger partial charge in [-0.3, -0.25) is 4.98 Å². The van der Waals surface area contributed by atoms with Gasteiger partial charge in [-0.25, -0.2) is 0 Å². The zero-order valence-corrected chi connectivity index (χ0v) is 11.4. The number of hydrogen-bond donors (Lipinski definition) is 3. The predicted molar refractivity (Wildman–Crippen MR) is 75.9 cm³/mol. The molecule has 0 bridgehead atoms. The number of hydrogen-bond acceptors (Lipinski definition) is 5. The van der Waals surface area contributed by atoms with Gasteiger partial charge in [0.25, 0.3) is 0 Å². The van der Waals surface area contributed by atoms with Crippen LogP contribution in [-0.2, 0) is 0 Å². The SMILES string of the molecule is CCNc1cncc(NC(C)C(CO)SC)c1. The van der Waals surface area contributed by atoms with Gasteiger partial charge in [-0.05, 0) is 26.2 Å². The summed E-state index contributed by atoms with van der Waals surface area (Å²) in [5.74, 6) is 0. The van der Waals surface area contributed by atoms with E-state index in [1.165, 1.54) is 0 Å². The summed E-state index contributed by atoms with van der Waals surface area (Å²) in [4.78, 5) is 4.17. The zero-order valence-electron chi connectivity index (χ0n) is 10.6. The van der Waals surface area contributed by atoms with Crippen LogP contribution in [0.4, 0.5) is 11.4 Å². The minimum absolute atomic E-state index is 0.176. The molecule has 3 N–H and O–H groups in total. The number of rotatable bonds is 7. The molecule has 0 spiro atoms. The third-order valence-electron chi connectivity index (χ3n) is 2.55. The van der Waals surface area contributed by atoms with E-state index in [9.17, 15) is 5.11 Å². The largest absolute Gasteiger partial charge is 0.395 e. The van der Waals surface area contributed by atoms with E-state index in [4.69, 9.17) is 0 Å². The Bertz CT molecular complexity index is 331. The van der Waals surface area contributed by atoms with E-state index in [0.29, 0.717) is 0 Å². The van der Waals surface area contributed by atoms with Crippen molar-refractivity contribution in [2.45, 2.75) is 25.1 Å². The molecule has 0 fully saturated rings. The first-order valence-corrected chi connectivity index (χ1v) is 7.09. The molecular weight excluding hydrogens is 234 g/mol. The van der Waals surface area contributed by atoms with Gasteiger partial charge >= 0.3 is 0 Å². The molecule has 17 heavy (non-hydrogen) atoms. The number of aromatic nitrogens is 1. The monoisotopic (exact) mass is 255 g/mol. The van der Waals surface area contributed by atoms with Crippen LogP contribution in [0, 0.1) is 0 Å². The van der Waals surface area contributed by atoms with Crippen LogP contribution >= 0.6 is 11.8 Å². The minimum Gasteiger partial charge on any atom is -0.395 e. The van der Waals surface area contributed by atoms with E-state index in [1.54, 1.807) is 24.2 Å². The van der Waals surface area contributed by atoms with Crippen molar-refractivity contribution in [3.05, 3.63) is 18.5 Å². The van der Waals surface area contributed by atoms with Gasteiger partial charge in [-0.2, -0.15) is 11.8 Å². The molecule has 0 radical (unpaired) electrons. The summed E-state index contributed by atoms with van der Waals surface area (Å²) in [6.45, 7) is 5.18. The molecule has 2 atom stereocenters. The fraction of sp³-hybridized carbons (Fsp3) is 0.583. The van der Waals surface area contributed by atoms with Gasteiger partial charge in [-0.1, -0.05) is 0 Å². The maximum absolute atomic E-state index is 9.22. The van der Waals surface area contributed by atoms with Crippen molar-refractivity contribution < 1.29 is 5.11 Å². The Labute approximate surface area is 107 Å². The average molecular weight is 255 g/mol. The summed E-state index contributed by atoms with van der Waals surface area (Å²) in [5, 5.41) is 16.0. The van der Waals surface area contributed by atoms with Gasteiger partial charge < -0.3 is 15.7 Å². The van der Waals surface area contributed by atoms with Gasteiger partial charge in [0.15, 0.2) is 0 Å². The van der Waals surface area contributed by atoms with Crippen LogP contribution in [0.2, 0.25) is 0 Å². The van der Waals surface area contributed by atoms with Crippen molar-refractivity contribution in [3.63, 3.8) is 0 Å². The van der Waals surface area contributed by atoms with E-state index in [2.05, 4.69) is 29.5 Å². The molecule has 96 valence electrons. The van der Waals surface area contributed by atoms with Crippen LogP contribution in [-0.4, -0.2) is 40.8 Å². The van der Waals surface area contributed by atoms with Crippen LogP contribution in [0.3, 0.4) is 0 Å². The lowest BCUT2D eigenvalue weighted by atomic mass is 10.2. The molecule has 0 amide bonds. The number of thioether (sulfide) groups is 1. The van der Waals surface area contributed by atoms with Crippen molar-refractivity contribution >= 4 is 23.1 Å². The molecule has 0 saturated heterocycles. The molecule has 1 aromatic heterocycles. The van der Waals surface area contributed by atoms with Gasteiger partial charge in [0, 0.05) is 17.8 Å². The van der Waals surface area contributed by atoms with Gasteiger partial charge in [0.2, 0.25) is 0 Å². The third-order valence-corrected chi connectivity index (χ3v) is 3.72. The van der Waals surface area contributed by atoms with Crippen molar-refractivity contribution in [2.24, 2.45) is 0 Å². The number of nitrogens with zero attached hydrogens (tertiary/aromatic N) is 1. The lowest BCUT2D eigenvalue weighted by Crippen LogP contribution is -2.30. The zero-order chi connectivity index (χ0) is 12.7. The van der Waals surface area contributed by atoms with Crippen molar-refractivity contribution in [1.82, 2.24) is 4.98 Å². The predicted octanol–water partition coefficient (Wildman–Crippen LogP) is 2.04. The molecule has 0 aliphatic carbocycles. The van der Waals surface area contributed by atoms with Crippen molar-refractivity contribution in [3.8, 4) is 0 Å². The summed E-state index contributed by atoms with van der Waals surface area (Å²) in [7, 11) is 0. The highest BCUT2D eigenvalue weighted by Gasteiger charge is 2.14. The second kappa shape index (κ2) is 7.40. The molecule has 4 nitrogen and oxygen atoms in total. The van der Waals surface area contributed by atoms with Crippen LogP contribution < -0.4 is 10.6 Å². The standard InChI is InChI=1S/C12H21N3OS/c1-4-14-10-5-11(7-13-6-10)15-9(2)12(8-16)17-3/h5-7,9,12,14-16H,4,8H2,1-3H3. The van der Waals surface area contributed by atoms with Crippen LogP contribution in [0.5, 0.6) is 0 Å². The molecule has 2 unspecified atom stereocenters. The van der Waals surface area contributed by atoms with E-state index in [-0.39, 0.29) is 17.9 Å². The minimum atomic E-state index is 0.176. The Balaban J connectivity index is 2.63. The molecule has 1 aromatic rings. The molecule has 0 saturated carbocycles. The topological polar surface area (TPSA) is 57.2 Å². The second-order valence-corrected chi connectivity index (χ2v) is 4.96. The maximum atomic E-state index is 9.22. The highest BCUT2D eigenvalue weighted by atomic mass is 32.2. The van der Waals surface area contributed by atoms with E-state index in [0.717, 1.165) is 17.9 Å². The van der Waals surface area contributed by atoms with E-state index in [1.807, 2.05) is 12.3 Å². The second-order valence-electron chi connectivity index (χ2n) is 3.88. The Morgan fingerprint density at radius 1 is 1.41 bits per heavy atom. The lowest BCUT2D eigenvalue weighted by molar-refractivity contribution is 0.288. The summed E-state index contributed by atoms with van der Waals surface area (Å²) in [6.07, 6.45) is 5.61. The fourth-order valence-corrected chi connectivity index (χ4v) is 2.24. The van der Waals surface area contributed by atoms with E-state index >= 15 is 0 Å². The number of aliphatic hydroxyl groups is 1. The first-order chi connectivity index (χ1) is 8.21. The average Bonchev–Trinajstić information content (AvgIpc) is 2.31. The summed E-state index contributed by atoms with van der Waals surface area (Å²) < 4.78 is 0. The first kappa shape index (κ1) is 14.1. The quantitative estimate of drug-likeness (QED) is 0.696. The maximum Gasteiger partial charge on any atom is 0.0569 e. The molecule has 1 rings (SSSR count). The Morgan fingerprint density at radius 2 is 2.12 bits per heavy atom. The summed E-state index contributed by atoms with van der Waals surface area (Å²) in [5.41, 5.74) is 1.98. The van der Waals surface area contributed by atoms with Crippen molar-refractivity contribution in [1.29, 1.82) is 0 Å². The van der Waals surface area contributed by atoms with Crippen LogP contribution in [0.1, 0.15) is 13.8 Å². The number of pyridine rings is 1. The molecule has 1 heterocycles. The number of nitrogens with one attached hydrogen (secondary N) is 2. The molecular formula is C12H21N3OS. The normalized spacial score (nSPS) is 14.1.